The highest BCUT2D eigenvalue weighted by molar-refractivity contribution is 6.09. The van der Waals surface area contributed by atoms with Gasteiger partial charge in [-0.05, 0) is 38.7 Å². The Morgan fingerprint density at radius 1 is 1.26 bits per heavy atom. The van der Waals surface area contributed by atoms with Crippen molar-refractivity contribution in [1.29, 1.82) is 0 Å². The lowest BCUT2D eigenvalue weighted by Gasteiger charge is -2.18. The second-order valence-electron chi connectivity index (χ2n) is 9.87. The van der Waals surface area contributed by atoms with E-state index in [2.05, 4.69) is 20.3 Å². The third-order valence-corrected chi connectivity index (χ3v) is 6.95. The lowest BCUT2D eigenvalue weighted by molar-refractivity contribution is -0.138. The Balaban J connectivity index is 1.47. The Labute approximate surface area is 218 Å². The Morgan fingerprint density at radius 2 is 2.03 bits per heavy atom. The predicted octanol–water partition coefficient (Wildman–Crippen LogP) is 1.55. The molecule has 2 fully saturated rings. The van der Waals surface area contributed by atoms with Gasteiger partial charge < -0.3 is 34.9 Å². The van der Waals surface area contributed by atoms with Crippen molar-refractivity contribution in [2.24, 2.45) is 5.92 Å². The molecule has 1 saturated heterocycles. The van der Waals surface area contributed by atoms with Crippen molar-refractivity contribution in [3.8, 4) is 22.8 Å². The van der Waals surface area contributed by atoms with Crippen LogP contribution in [-0.2, 0) is 4.79 Å². The highest BCUT2D eigenvalue weighted by atomic mass is 19.1. The van der Waals surface area contributed by atoms with Crippen molar-refractivity contribution >= 4 is 22.8 Å². The fourth-order valence-electron chi connectivity index (χ4n) is 4.70. The summed E-state index contributed by atoms with van der Waals surface area (Å²) in [5.41, 5.74) is 2.23. The number of ether oxygens (including phenoxy) is 2. The van der Waals surface area contributed by atoms with Crippen LogP contribution in [0.2, 0.25) is 0 Å². The average Bonchev–Trinajstić information content (AvgIpc) is 3.55. The average molecular weight is 528 g/mol. The normalized spacial score (nSPS) is 20.0. The number of hydrogen-bond acceptors (Lipinski definition) is 8. The molecular weight excluding hydrogens is 497 g/mol. The van der Waals surface area contributed by atoms with E-state index in [0.717, 1.165) is 12.8 Å². The van der Waals surface area contributed by atoms with Gasteiger partial charge in [-0.25, -0.2) is 14.4 Å². The minimum atomic E-state index is -1.21. The van der Waals surface area contributed by atoms with E-state index in [-0.39, 0.29) is 24.4 Å². The van der Waals surface area contributed by atoms with Gasteiger partial charge in [0, 0.05) is 30.4 Å². The molecule has 1 aromatic carbocycles. The number of halogens is 1. The minimum Gasteiger partial charge on any atom is -0.494 e. The number of benzene rings is 1. The zero-order chi connectivity index (χ0) is 27.1. The molecular formula is C26H30FN5O6. The molecule has 4 N–H and O–H groups in total. The molecule has 0 unspecified atom stereocenters. The van der Waals surface area contributed by atoms with Crippen molar-refractivity contribution in [3.63, 3.8) is 0 Å². The van der Waals surface area contributed by atoms with Gasteiger partial charge in [0.05, 0.1) is 36.9 Å². The Hall–Kier alpha value is -3.77. The molecule has 202 valence electrons. The van der Waals surface area contributed by atoms with Crippen LogP contribution >= 0.6 is 0 Å². The highest BCUT2D eigenvalue weighted by Crippen LogP contribution is 2.39. The van der Waals surface area contributed by atoms with E-state index in [1.54, 1.807) is 6.92 Å². The lowest BCUT2D eigenvalue weighted by Crippen LogP contribution is -2.43. The Kier molecular flexibility index (Phi) is 6.93. The topological polar surface area (TPSA) is 150 Å². The molecule has 11 nitrogen and oxygen atoms in total. The second-order valence-corrected chi connectivity index (χ2v) is 9.87. The molecule has 3 heterocycles. The number of aryl methyl sites for hydroxylation is 1. The molecule has 2 aromatic heterocycles. The third-order valence-electron chi connectivity index (χ3n) is 6.95. The summed E-state index contributed by atoms with van der Waals surface area (Å²) in [4.78, 5) is 38.6. The Morgan fingerprint density at radius 3 is 2.71 bits per heavy atom. The molecule has 0 spiro atoms. The van der Waals surface area contributed by atoms with E-state index in [1.165, 1.54) is 37.4 Å². The molecule has 2 aliphatic rings. The maximum absolute atomic E-state index is 14.8. The predicted molar refractivity (Wildman–Crippen MR) is 134 cm³/mol. The van der Waals surface area contributed by atoms with Crippen LogP contribution in [0.15, 0.2) is 18.5 Å². The molecule has 1 saturated carbocycles. The van der Waals surface area contributed by atoms with Gasteiger partial charge in [0.2, 0.25) is 0 Å². The van der Waals surface area contributed by atoms with E-state index in [1.807, 2.05) is 0 Å². The third kappa shape index (κ3) is 4.88. The number of carbonyl (C=O) groups is 2. The van der Waals surface area contributed by atoms with E-state index in [9.17, 15) is 24.2 Å². The Bertz CT molecular complexity index is 1390. The maximum atomic E-state index is 14.8. The van der Waals surface area contributed by atoms with Crippen molar-refractivity contribution in [2.75, 3.05) is 26.8 Å². The first-order chi connectivity index (χ1) is 18.2. The molecule has 3 atom stereocenters. The van der Waals surface area contributed by atoms with Crippen LogP contribution in [0.4, 0.5) is 4.39 Å². The van der Waals surface area contributed by atoms with Gasteiger partial charge in [0.1, 0.15) is 29.4 Å². The van der Waals surface area contributed by atoms with Gasteiger partial charge >= 0.3 is 0 Å². The van der Waals surface area contributed by atoms with Crippen LogP contribution in [0, 0.1) is 18.7 Å². The maximum Gasteiger partial charge on any atom is 0.255 e. The number of H-pyrrole nitrogens is 1. The van der Waals surface area contributed by atoms with Crippen LogP contribution in [-0.4, -0.2) is 86.9 Å². The number of aliphatic hydroxyl groups is 2. The molecule has 12 heteroatoms. The first-order valence-corrected chi connectivity index (χ1v) is 12.5. The molecule has 1 aliphatic carbocycles. The smallest absolute Gasteiger partial charge is 0.255 e. The number of aromatic amines is 1. The molecule has 3 aromatic rings. The van der Waals surface area contributed by atoms with Crippen molar-refractivity contribution in [3.05, 3.63) is 35.5 Å². The van der Waals surface area contributed by atoms with E-state index in [0.29, 0.717) is 46.3 Å². The molecule has 0 radical (unpaired) electrons. The number of carbonyl (C=O) groups excluding carboxylic acids is 2. The lowest BCUT2D eigenvalue weighted by atomic mass is 10.1. The van der Waals surface area contributed by atoms with Gasteiger partial charge in [0.15, 0.2) is 11.6 Å². The number of amides is 2. The minimum absolute atomic E-state index is 0.000528. The van der Waals surface area contributed by atoms with Crippen LogP contribution in [0.5, 0.6) is 11.5 Å². The van der Waals surface area contributed by atoms with Crippen molar-refractivity contribution < 1.29 is 33.7 Å². The molecule has 38 heavy (non-hydrogen) atoms. The first kappa shape index (κ1) is 25.9. The van der Waals surface area contributed by atoms with E-state index >= 15 is 0 Å². The number of aromatic nitrogens is 3. The molecule has 0 bridgehead atoms. The van der Waals surface area contributed by atoms with Crippen LogP contribution in [0.3, 0.4) is 0 Å². The number of hydrogen-bond donors (Lipinski definition) is 4. The second kappa shape index (κ2) is 10.2. The summed E-state index contributed by atoms with van der Waals surface area (Å²) in [6.07, 6.45) is 1.26. The zero-order valence-corrected chi connectivity index (χ0v) is 21.3. The van der Waals surface area contributed by atoms with Crippen LogP contribution in [0.1, 0.15) is 35.8 Å². The quantitative estimate of drug-likeness (QED) is 0.345. The SMILES string of the molecule is COc1cc(OCC2CC2)c(-c2ncnc3c(C(=O)N[C@@H]4CN(C(=O)[C@H](C)O)C[C@H]4O)c(C)[nH]c23)cc1F. The van der Waals surface area contributed by atoms with Gasteiger partial charge in [-0.3, -0.25) is 9.59 Å². The first-order valence-electron chi connectivity index (χ1n) is 12.5. The number of aliphatic hydroxyl groups excluding tert-OH is 2. The number of nitrogens with zero attached hydrogens (tertiary/aromatic N) is 3. The van der Waals surface area contributed by atoms with Crippen LogP contribution in [0.25, 0.3) is 22.3 Å². The molecule has 5 rings (SSSR count). The fraction of sp³-hybridized carbons (Fsp3) is 0.462. The zero-order valence-electron chi connectivity index (χ0n) is 21.3. The summed E-state index contributed by atoms with van der Waals surface area (Å²) in [5.74, 6) is -0.685. The summed E-state index contributed by atoms with van der Waals surface area (Å²) in [7, 11) is 1.38. The number of β-amino-alcohol motifs (C(OH)–C–C–N with tert-alkyl or cyclic N) is 1. The number of nitrogens with one attached hydrogen (secondary N) is 2. The summed E-state index contributed by atoms with van der Waals surface area (Å²) in [5, 5.41) is 22.8. The van der Waals surface area contributed by atoms with E-state index < -0.39 is 35.9 Å². The standard InChI is InChI=1S/C26H30FN5O6/c1-12-21(25(35)31-17-8-32(9-18(17)34)26(36)13(2)33)23-24(30-12)22(28-11-29-23)15-6-16(27)20(37-3)7-19(15)38-10-14-4-5-14/h6-7,11,13-14,17-18,30,33-34H,4-5,8-10H2,1-3H3,(H,31,35)/t13-,17+,18+/m0/s1. The number of methoxy groups -OCH3 is 1. The van der Waals surface area contributed by atoms with Crippen molar-refractivity contribution in [2.45, 2.75) is 44.9 Å². The van der Waals surface area contributed by atoms with Gasteiger partial charge in [0.25, 0.3) is 11.8 Å². The largest absolute Gasteiger partial charge is 0.494 e. The summed E-state index contributed by atoms with van der Waals surface area (Å²) >= 11 is 0. The molecule has 1 aliphatic heterocycles. The van der Waals surface area contributed by atoms with Gasteiger partial charge in [-0.2, -0.15) is 0 Å². The fourth-order valence-corrected chi connectivity index (χ4v) is 4.70. The van der Waals surface area contributed by atoms with Gasteiger partial charge in [-0.1, -0.05) is 0 Å². The number of likely N-dealkylation sites (tertiary alicyclic amines) is 1. The van der Waals surface area contributed by atoms with Crippen molar-refractivity contribution in [1.82, 2.24) is 25.2 Å². The summed E-state index contributed by atoms with van der Waals surface area (Å²) in [6, 6.07) is 2.06. The summed E-state index contributed by atoms with van der Waals surface area (Å²) in [6.45, 7) is 3.61. The number of fused-ring (bicyclic) bond motifs is 1. The highest BCUT2D eigenvalue weighted by Gasteiger charge is 2.37. The van der Waals surface area contributed by atoms with Crippen LogP contribution < -0.4 is 14.8 Å². The monoisotopic (exact) mass is 527 g/mol. The number of rotatable bonds is 8. The van der Waals surface area contributed by atoms with Gasteiger partial charge in [-0.15, -0.1) is 0 Å². The molecule has 2 amide bonds. The van der Waals surface area contributed by atoms with E-state index in [4.69, 9.17) is 9.47 Å². The summed E-state index contributed by atoms with van der Waals surface area (Å²) < 4.78 is 25.9.